The van der Waals surface area contributed by atoms with Gasteiger partial charge in [0.2, 0.25) is 0 Å². The van der Waals surface area contributed by atoms with Gasteiger partial charge >= 0.3 is 17.9 Å². The summed E-state index contributed by atoms with van der Waals surface area (Å²) >= 11 is 0. The van der Waals surface area contributed by atoms with Crippen LogP contribution >= 0.6 is 0 Å². The molecule has 0 radical (unpaired) electrons. The lowest BCUT2D eigenvalue weighted by molar-refractivity contribution is -0.177. The second-order valence-corrected chi connectivity index (χ2v) is 6.55. The monoisotopic (exact) mass is 308 g/mol. The predicted molar refractivity (Wildman–Crippen MR) is 74.5 cm³/mol. The summed E-state index contributed by atoms with van der Waals surface area (Å²) in [5.74, 6) is -0.803. The Balaban J connectivity index is 1.60. The van der Waals surface area contributed by atoms with Gasteiger partial charge in [-0.3, -0.25) is 4.79 Å². The lowest BCUT2D eigenvalue weighted by Gasteiger charge is -2.41. The molecule has 5 atom stereocenters. The lowest BCUT2D eigenvalue weighted by Crippen LogP contribution is -2.45. The zero-order chi connectivity index (χ0) is 15.9. The first-order valence-corrected chi connectivity index (χ1v) is 7.66. The average Bonchev–Trinajstić information content (AvgIpc) is 2.62. The molecule has 2 heterocycles. The van der Waals surface area contributed by atoms with Crippen LogP contribution in [0.4, 0.5) is 0 Å². The van der Waals surface area contributed by atoms with Gasteiger partial charge in [-0.15, -0.1) is 0 Å². The van der Waals surface area contributed by atoms with Crippen LogP contribution in [0.1, 0.15) is 32.6 Å². The third kappa shape index (κ3) is 2.87. The second kappa shape index (κ2) is 5.74. The fourth-order valence-corrected chi connectivity index (χ4v) is 3.87. The van der Waals surface area contributed by atoms with Gasteiger partial charge in [-0.25, -0.2) is 9.59 Å². The summed E-state index contributed by atoms with van der Waals surface area (Å²) < 4.78 is 15.7. The van der Waals surface area contributed by atoms with E-state index in [9.17, 15) is 14.4 Å². The molecule has 1 unspecified atom stereocenters. The first-order valence-electron chi connectivity index (χ1n) is 7.66. The molecule has 6 heteroatoms. The Morgan fingerprint density at radius 1 is 1.27 bits per heavy atom. The smallest absolute Gasteiger partial charge is 0.344 e. The molecule has 4 rings (SSSR count). The molecule has 0 spiro atoms. The minimum Gasteiger partial charge on any atom is -0.458 e. The Morgan fingerprint density at radius 3 is 2.77 bits per heavy atom. The quantitative estimate of drug-likeness (QED) is 0.443. The van der Waals surface area contributed by atoms with Gasteiger partial charge in [0.25, 0.3) is 0 Å². The topological polar surface area (TPSA) is 78.9 Å². The van der Waals surface area contributed by atoms with Gasteiger partial charge in [0.1, 0.15) is 12.2 Å². The molecule has 4 fully saturated rings. The second-order valence-electron chi connectivity index (χ2n) is 6.55. The van der Waals surface area contributed by atoms with Crippen LogP contribution in [0.2, 0.25) is 0 Å². The summed E-state index contributed by atoms with van der Waals surface area (Å²) in [5.41, 5.74) is 0.230. The number of hydrogen-bond donors (Lipinski definition) is 0. The maximum atomic E-state index is 11.9. The third-order valence-electron chi connectivity index (χ3n) is 4.78. The van der Waals surface area contributed by atoms with E-state index in [1.165, 1.54) is 6.92 Å². The molecule has 0 aromatic heterocycles. The zero-order valence-electron chi connectivity index (χ0n) is 12.6. The molecular weight excluding hydrogens is 288 g/mol. The number of esters is 3. The van der Waals surface area contributed by atoms with Gasteiger partial charge < -0.3 is 14.2 Å². The van der Waals surface area contributed by atoms with Gasteiger partial charge in [0.05, 0.1) is 5.92 Å². The van der Waals surface area contributed by atoms with E-state index in [-0.39, 0.29) is 29.5 Å². The molecule has 2 saturated heterocycles. The number of fused-ring (bicyclic) bond motifs is 1. The first-order chi connectivity index (χ1) is 10.4. The highest BCUT2D eigenvalue weighted by Crippen LogP contribution is 2.48. The van der Waals surface area contributed by atoms with Gasteiger partial charge in [0, 0.05) is 11.5 Å². The molecule has 0 N–H and O–H groups in total. The van der Waals surface area contributed by atoms with E-state index in [1.807, 2.05) is 0 Å². The van der Waals surface area contributed by atoms with Gasteiger partial charge in [0.15, 0.2) is 6.61 Å². The standard InChI is InChI=1S/C16H20O6/c1-8(2)15(18)20-7-13(17)22-14-10-3-9-4-11(6-10)16(19)21-12(14)5-9/h9-12,14H,1,3-7H2,2H3/t9-,10+,11-,12+,14?/m1/s1. The van der Waals surface area contributed by atoms with Crippen molar-refractivity contribution in [2.75, 3.05) is 6.61 Å². The van der Waals surface area contributed by atoms with Crippen LogP contribution < -0.4 is 0 Å². The maximum Gasteiger partial charge on any atom is 0.344 e. The Morgan fingerprint density at radius 2 is 2.05 bits per heavy atom. The van der Waals surface area contributed by atoms with Crippen LogP contribution in [-0.4, -0.2) is 36.7 Å². The first kappa shape index (κ1) is 15.1. The molecule has 120 valence electrons. The summed E-state index contributed by atoms with van der Waals surface area (Å²) in [4.78, 5) is 35.1. The summed E-state index contributed by atoms with van der Waals surface area (Å²) in [6.07, 6.45) is 2.55. The molecule has 0 amide bonds. The Kier molecular flexibility index (Phi) is 3.93. The molecule has 2 aliphatic heterocycles. The molecule has 2 aliphatic carbocycles. The minimum absolute atomic E-state index is 0.0568. The van der Waals surface area contributed by atoms with Crippen LogP contribution in [-0.2, 0) is 28.6 Å². The molecule has 2 saturated carbocycles. The maximum absolute atomic E-state index is 11.9. The van der Waals surface area contributed by atoms with E-state index in [2.05, 4.69) is 6.58 Å². The summed E-state index contributed by atoms with van der Waals surface area (Å²) in [5, 5.41) is 0. The van der Waals surface area contributed by atoms with Gasteiger partial charge in [-0.05, 0) is 38.5 Å². The molecular formula is C16H20O6. The van der Waals surface area contributed by atoms with Crippen LogP contribution in [0.5, 0.6) is 0 Å². The van der Waals surface area contributed by atoms with Crippen molar-refractivity contribution in [1.29, 1.82) is 0 Å². The molecule has 4 bridgehead atoms. The van der Waals surface area contributed by atoms with Crippen molar-refractivity contribution in [2.24, 2.45) is 17.8 Å². The summed E-state index contributed by atoms with van der Waals surface area (Å²) in [6, 6.07) is 0. The van der Waals surface area contributed by atoms with E-state index in [4.69, 9.17) is 14.2 Å². The van der Waals surface area contributed by atoms with Crippen molar-refractivity contribution in [3.05, 3.63) is 12.2 Å². The Bertz CT molecular complexity index is 525. The molecule has 22 heavy (non-hydrogen) atoms. The van der Waals surface area contributed by atoms with Crippen LogP contribution in [0.15, 0.2) is 12.2 Å². The highest BCUT2D eigenvalue weighted by atomic mass is 16.6. The van der Waals surface area contributed by atoms with Gasteiger partial charge in [-0.2, -0.15) is 0 Å². The SMILES string of the molecule is C=C(C)C(=O)OCC(=O)OC1[C@H]2C[C@@H]3C[C@H](C2)C(=O)O[C@H]1C3. The number of rotatable bonds is 4. The zero-order valence-corrected chi connectivity index (χ0v) is 12.6. The van der Waals surface area contributed by atoms with Crippen molar-refractivity contribution in [3.8, 4) is 0 Å². The van der Waals surface area contributed by atoms with E-state index < -0.39 is 24.6 Å². The van der Waals surface area contributed by atoms with E-state index in [0.29, 0.717) is 5.92 Å². The predicted octanol–water partition coefficient (Wildman–Crippen LogP) is 1.38. The summed E-state index contributed by atoms with van der Waals surface area (Å²) in [7, 11) is 0. The van der Waals surface area contributed by atoms with Crippen LogP contribution in [0, 0.1) is 17.8 Å². The fraction of sp³-hybridized carbons (Fsp3) is 0.688. The number of carbonyl (C=O) groups is 3. The summed E-state index contributed by atoms with van der Waals surface area (Å²) in [6.45, 7) is 4.51. The fourth-order valence-electron chi connectivity index (χ4n) is 3.87. The van der Waals surface area contributed by atoms with Crippen molar-refractivity contribution in [1.82, 2.24) is 0 Å². The van der Waals surface area contributed by atoms with Crippen molar-refractivity contribution in [3.63, 3.8) is 0 Å². The highest BCUT2D eigenvalue weighted by molar-refractivity contribution is 5.88. The number of ether oxygens (including phenoxy) is 3. The van der Waals surface area contributed by atoms with Crippen LogP contribution in [0.3, 0.4) is 0 Å². The average molecular weight is 308 g/mol. The highest BCUT2D eigenvalue weighted by Gasteiger charge is 2.51. The molecule has 0 aromatic carbocycles. The van der Waals surface area contributed by atoms with Crippen LogP contribution in [0.25, 0.3) is 0 Å². The van der Waals surface area contributed by atoms with Crippen molar-refractivity contribution < 1.29 is 28.6 Å². The lowest BCUT2D eigenvalue weighted by atomic mass is 9.67. The van der Waals surface area contributed by atoms with E-state index in [1.54, 1.807) is 0 Å². The Hall–Kier alpha value is -1.85. The molecule has 4 aliphatic rings. The molecule has 6 nitrogen and oxygen atoms in total. The van der Waals surface area contributed by atoms with E-state index >= 15 is 0 Å². The third-order valence-corrected chi connectivity index (χ3v) is 4.78. The number of carbonyl (C=O) groups excluding carboxylic acids is 3. The van der Waals surface area contributed by atoms with Crippen molar-refractivity contribution in [2.45, 2.75) is 44.8 Å². The molecule has 0 aromatic rings. The Labute approximate surface area is 128 Å². The van der Waals surface area contributed by atoms with Crippen molar-refractivity contribution >= 4 is 17.9 Å². The van der Waals surface area contributed by atoms with E-state index in [0.717, 1.165) is 25.7 Å². The van der Waals surface area contributed by atoms with Gasteiger partial charge in [-0.1, -0.05) is 6.58 Å². The largest absolute Gasteiger partial charge is 0.458 e. The normalized spacial score (nSPS) is 35.5. The minimum atomic E-state index is -0.620. The number of hydrogen-bond acceptors (Lipinski definition) is 6.